The minimum absolute atomic E-state index is 0.441. The molecule has 0 saturated carbocycles. The molecule has 0 spiro atoms. The van der Waals surface area contributed by atoms with Gasteiger partial charge in [0.2, 0.25) is 17.7 Å². The molecule has 35 heavy (non-hydrogen) atoms. The van der Waals surface area contributed by atoms with Gasteiger partial charge in [-0.15, -0.1) is 23.2 Å². The Bertz CT molecular complexity index is 1330. The molecule has 7 rings (SSSR count). The maximum Gasteiger partial charge on any atom is 0.244 e. The zero-order valence-corrected chi connectivity index (χ0v) is 20.8. The van der Waals surface area contributed by atoms with E-state index in [0.717, 1.165) is 27.2 Å². The Kier molecular flexibility index (Phi) is 4.89. The maximum atomic E-state index is 13.8. The van der Waals surface area contributed by atoms with Gasteiger partial charge in [0.1, 0.15) is 16.3 Å². The fourth-order valence-electron chi connectivity index (χ4n) is 5.96. The molecule has 3 amide bonds. The van der Waals surface area contributed by atoms with E-state index in [2.05, 4.69) is 5.32 Å². The number of anilines is 1. The number of alkyl halides is 2. The quantitative estimate of drug-likeness (QED) is 0.378. The molecule has 0 unspecified atom stereocenters. The smallest absolute Gasteiger partial charge is 0.244 e. The van der Waals surface area contributed by atoms with Gasteiger partial charge in [0, 0.05) is 10.7 Å². The van der Waals surface area contributed by atoms with Crippen molar-refractivity contribution in [3.63, 3.8) is 0 Å². The second kappa shape index (κ2) is 7.57. The van der Waals surface area contributed by atoms with Crippen LogP contribution in [0.1, 0.15) is 27.8 Å². The molecule has 1 heterocycles. The van der Waals surface area contributed by atoms with Crippen molar-refractivity contribution in [3.05, 3.63) is 99.6 Å². The molecule has 1 saturated heterocycles. The van der Waals surface area contributed by atoms with Crippen LogP contribution >= 0.6 is 34.8 Å². The SMILES string of the molecule is Cc1c(Cl)cccc1NC(=O)CN1C(=O)[C@@H]2[C@H](C1=O)C1(Cl)c3ccccc3C2(Cl)c2ccccc21. The number of benzene rings is 3. The van der Waals surface area contributed by atoms with Gasteiger partial charge in [-0.05, 0) is 46.9 Å². The van der Waals surface area contributed by atoms with Gasteiger partial charge < -0.3 is 5.32 Å². The van der Waals surface area contributed by atoms with Gasteiger partial charge in [-0.3, -0.25) is 19.3 Å². The van der Waals surface area contributed by atoms with Gasteiger partial charge in [0.25, 0.3) is 0 Å². The summed E-state index contributed by atoms with van der Waals surface area (Å²) in [5.74, 6) is -3.37. The standard InChI is InChI=1S/C27H19Cl3N2O3/c1-14-19(28)11-6-12-20(14)31-21(33)13-32-24(34)22-23(25(32)35)27(30)16-8-3-2-7-15(16)26(22,29)17-9-4-5-10-18(17)27/h2-12,22-23H,13H2,1H3,(H,31,33)/t22-,23+,26?,27?. The molecule has 1 aliphatic heterocycles. The molecule has 3 aromatic carbocycles. The first kappa shape index (κ1) is 22.6. The average molecular weight is 526 g/mol. The van der Waals surface area contributed by atoms with Crippen molar-refractivity contribution in [3.8, 4) is 0 Å². The van der Waals surface area contributed by atoms with Crippen molar-refractivity contribution in [2.24, 2.45) is 11.8 Å². The predicted octanol–water partition coefficient (Wildman–Crippen LogP) is 5.18. The number of carbonyl (C=O) groups is 3. The number of rotatable bonds is 3. The molecule has 3 aliphatic carbocycles. The van der Waals surface area contributed by atoms with Gasteiger partial charge in [-0.25, -0.2) is 0 Å². The summed E-state index contributed by atoms with van der Waals surface area (Å²) in [6.07, 6.45) is 0. The molecule has 1 fully saturated rings. The molecule has 2 bridgehead atoms. The fraction of sp³-hybridized carbons (Fsp3) is 0.222. The molecule has 1 N–H and O–H groups in total. The first-order valence-corrected chi connectivity index (χ1v) is 12.3. The molecule has 4 aliphatic rings. The van der Waals surface area contributed by atoms with Crippen molar-refractivity contribution < 1.29 is 14.4 Å². The predicted molar refractivity (Wildman–Crippen MR) is 135 cm³/mol. The molecule has 3 aromatic rings. The molecule has 5 nitrogen and oxygen atoms in total. The van der Waals surface area contributed by atoms with Crippen LogP contribution in [-0.4, -0.2) is 29.2 Å². The van der Waals surface area contributed by atoms with Crippen LogP contribution in [0.5, 0.6) is 0 Å². The van der Waals surface area contributed by atoms with E-state index < -0.39 is 45.9 Å². The molecule has 2 atom stereocenters. The Morgan fingerprint density at radius 1 is 0.829 bits per heavy atom. The van der Waals surface area contributed by atoms with E-state index in [1.165, 1.54) is 0 Å². The third-order valence-electron chi connectivity index (χ3n) is 7.52. The Balaban J connectivity index is 1.42. The summed E-state index contributed by atoms with van der Waals surface area (Å²) in [6, 6.07) is 20.0. The lowest BCUT2D eigenvalue weighted by Gasteiger charge is -2.54. The lowest BCUT2D eigenvalue weighted by Crippen LogP contribution is -2.57. The van der Waals surface area contributed by atoms with Crippen molar-refractivity contribution >= 4 is 58.2 Å². The minimum atomic E-state index is -1.27. The number of imide groups is 1. The van der Waals surface area contributed by atoms with E-state index in [1.807, 2.05) is 48.5 Å². The number of halogens is 3. The number of nitrogens with zero attached hydrogens (tertiary/aromatic N) is 1. The van der Waals surface area contributed by atoms with E-state index in [-0.39, 0.29) is 0 Å². The summed E-state index contributed by atoms with van der Waals surface area (Å²) < 4.78 is 0. The normalized spacial score (nSPS) is 27.9. The van der Waals surface area contributed by atoms with E-state index >= 15 is 0 Å². The summed E-state index contributed by atoms with van der Waals surface area (Å²) in [5.41, 5.74) is 4.09. The Morgan fingerprint density at radius 3 is 1.74 bits per heavy atom. The highest BCUT2D eigenvalue weighted by atomic mass is 35.5. The first-order chi connectivity index (χ1) is 16.7. The summed E-state index contributed by atoms with van der Waals surface area (Å²) in [7, 11) is 0. The van der Waals surface area contributed by atoms with Gasteiger partial charge in [0.05, 0.1) is 11.8 Å². The topological polar surface area (TPSA) is 66.5 Å². The second-order valence-electron chi connectivity index (χ2n) is 9.19. The zero-order valence-electron chi connectivity index (χ0n) is 18.5. The van der Waals surface area contributed by atoms with Crippen molar-refractivity contribution in [2.75, 3.05) is 11.9 Å². The van der Waals surface area contributed by atoms with E-state index in [1.54, 1.807) is 25.1 Å². The molecular formula is C27H19Cl3N2O3. The highest BCUT2D eigenvalue weighted by Crippen LogP contribution is 2.69. The molecular weight excluding hydrogens is 507 g/mol. The highest BCUT2D eigenvalue weighted by molar-refractivity contribution is 6.36. The largest absolute Gasteiger partial charge is 0.324 e. The van der Waals surface area contributed by atoms with E-state index in [9.17, 15) is 14.4 Å². The van der Waals surface area contributed by atoms with Crippen LogP contribution in [0.2, 0.25) is 5.02 Å². The van der Waals surface area contributed by atoms with Crippen molar-refractivity contribution in [2.45, 2.75) is 16.7 Å². The number of amides is 3. The number of likely N-dealkylation sites (tertiary alicyclic amines) is 1. The lowest BCUT2D eigenvalue weighted by atomic mass is 9.54. The molecule has 176 valence electrons. The summed E-state index contributed by atoms with van der Waals surface area (Å²) >= 11 is 20.9. The zero-order chi connectivity index (χ0) is 24.7. The highest BCUT2D eigenvalue weighted by Gasteiger charge is 2.73. The van der Waals surface area contributed by atoms with E-state index in [4.69, 9.17) is 34.8 Å². The minimum Gasteiger partial charge on any atom is -0.324 e. The Morgan fingerprint density at radius 2 is 1.29 bits per heavy atom. The number of carbonyl (C=O) groups excluding carboxylic acids is 3. The fourth-order valence-corrected chi connectivity index (χ4v) is 7.23. The Labute approximate surface area is 217 Å². The monoisotopic (exact) mass is 524 g/mol. The third kappa shape index (κ3) is 2.80. The molecule has 0 aromatic heterocycles. The van der Waals surface area contributed by atoms with Crippen LogP contribution in [-0.2, 0) is 24.1 Å². The average Bonchev–Trinajstić information content (AvgIpc) is 3.11. The number of hydrogen-bond donors (Lipinski definition) is 1. The first-order valence-electron chi connectivity index (χ1n) is 11.2. The van der Waals surface area contributed by atoms with Crippen molar-refractivity contribution in [1.29, 1.82) is 0 Å². The van der Waals surface area contributed by atoms with Crippen LogP contribution in [0.4, 0.5) is 5.69 Å². The van der Waals surface area contributed by atoms with Gasteiger partial charge in [-0.1, -0.05) is 66.2 Å². The van der Waals surface area contributed by atoms with Crippen LogP contribution < -0.4 is 5.32 Å². The maximum absolute atomic E-state index is 13.8. The van der Waals surface area contributed by atoms with E-state index in [0.29, 0.717) is 16.3 Å². The second-order valence-corrected chi connectivity index (χ2v) is 10.8. The van der Waals surface area contributed by atoms with Crippen LogP contribution in [0.25, 0.3) is 0 Å². The van der Waals surface area contributed by atoms with Crippen LogP contribution in [0.3, 0.4) is 0 Å². The van der Waals surface area contributed by atoms with Gasteiger partial charge in [-0.2, -0.15) is 0 Å². The summed E-state index contributed by atoms with van der Waals surface area (Å²) in [5, 5.41) is 3.26. The molecule has 8 heteroatoms. The van der Waals surface area contributed by atoms with Crippen LogP contribution in [0.15, 0.2) is 66.7 Å². The number of hydrogen-bond acceptors (Lipinski definition) is 3. The van der Waals surface area contributed by atoms with Crippen LogP contribution in [0, 0.1) is 18.8 Å². The van der Waals surface area contributed by atoms with Crippen molar-refractivity contribution in [1.82, 2.24) is 4.90 Å². The van der Waals surface area contributed by atoms with Gasteiger partial charge in [0.15, 0.2) is 0 Å². The lowest BCUT2D eigenvalue weighted by molar-refractivity contribution is -0.142. The Hall–Kier alpha value is -2.86. The molecule has 0 radical (unpaired) electrons. The summed E-state index contributed by atoms with van der Waals surface area (Å²) in [6.45, 7) is 1.34. The van der Waals surface area contributed by atoms with Gasteiger partial charge >= 0.3 is 0 Å². The number of nitrogens with one attached hydrogen (secondary N) is 1. The summed E-state index contributed by atoms with van der Waals surface area (Å²) in [4.78, 5) is 39.0. The third-order valence-corrected chi connectivity index (χ3v) is 9.21.